The van der Waals surface area contributed by atoms with Gasteiger partial charge in [0.15, 0.2) is 11.5 Å². The van der Waals surface area contributed by atoms with Gasteiger partial charge in [0.2, 0.25) is 0 Å². The van der Waals surface area contributed by atoms with Crippen molar-refractivity contribution in [3.05, 3.63) is 76.5 Å². The molecule has 0 bridgehead atoms. The summed E-state index contributed by atoms with van der Waals surface area (Å²) in [5.41, 5.74) is 7.75. The molecule has 1 N–H and O–H groups in total. The Morgan fingerprint density at radius 1 is 1.14 bits per heavy atom. The van der Waals surface area contributed by atoms with E-state index in [1.54, 1.807) is 7.11 Å². The van der Waals surface area contributed by atoms with E-state index in [4.69, 9.17) is 9.47 Å². The lowest BCUT2D eigenvalue weighted by Crippen LogP contribution is -1.98. The second-order valence-corrected chi connectivity index (χ2v) is 7.28. The average Bonchev–Trinajstić information content (AvgIpc) is 2.69. The van der Waals surface area contributed by atoms with E-state index < -0.39 is 0 Å². The van der Waals surface area contributed by atoms with Crippen LogP contribution in [-0.4, -0.2) is 18.8 Å². The fraction of sp³-hybridized carbons (Fsp3) is 0.400. The number of aromatic hydroxyl groups is 1. The van der Waals surface area contributed by atoms with Gasteiger partial charge in [0, 0.05) is 0 Å². The molecule has 0 aliphatic heterocycles. The molecule has 0 unspecified atom stereocenters. The molecule has 28 heavy (non-hydrogen) atoms. The van der Waals surface area contributed by atoms with Crippen LogP contribution in [0.25, 0.3) is 0 Å². The van der Waals surface area contributed by atoms with Crippen LogP contribution in [0.15, 0.2) is 59.8 Å². The number of hydrogen-bond donors (Lipinski definition) is 1. The lowest BCUT2D eigenvalue weighted by molar-refractivity contribution is 0.125. The molecule has 3 heteroatoms. The SMILES string of the molecule is COc1c(C)ccc(CCC(=C=CCCOCc2ccccc2)C(C)C)c1O. The molecule has 0 aliphatic carbocycles. The summed E-state index contributed by atoms with van der Waals surface area (Å²) in [6.45, 7) is 7.62. The van der Waals surface area contributed by atoms with Crippen molar-refractivity contribution in [3.8, 4) is 11.5 Å². The van der Waals surface area contributed by atoms with Gasteiger partial charge in [-0.15, -0.1) is 5.73 Å². The van der Waals surface area contributed by atoms with E-state index in [1.165, 1.54) is 11.1 Å². The minimum Gasteiger partial charge on any atom is -0.504 e. The topological polar surface area (TPSA) is 38.7 Å². The minimum atomic E-state index is 0.254. The van der Waals surface area contributed by atoms with Gasteiger partial charge in [-0.1, -0.05) is 56.3 Å². The minimum absolute atomic E-state index is 0.254. The van der Waals surface area contributed by atoms with Crippen molar-refractivity contribution < 1.29 is 14.6 Å². The van der Waals surface area contributed by atoms with E-state index in [0.717, 1.165) is 30.4 Å². The Hall–Kier alpha value is -2.48. The van der Waals surface area contributed by atoms with Crippen molar-refractivity contribution in [1.29, 1.82) is 0 Å². The van der Waals surface area contributed by atoms with Gasteiger partial charge in [-0.25, -0.2) is 0 Å². The third-order valence-electron chi connectivity index (χ3n) is 4.78. The number of ether oxygens (including phenoxy) is 2. The molecule has 3 nitrogen and oxygen atoms in total. The van der Waals surface area contributed by atoms with Crippen LogP contribution in [0.2, 0.25) is 0 Å². The van der Waals surface area contributed by atoms with Gasteiger partial charge in [0.05, 0.1) is 20.3 Å². The summed E-state index contributed by atoms with van der Waals surface area (Å²) < 4.78 is 11.0. The molecule has 150 valence electrons. The molecule has 0 saturated carbocycles. The molecule has 0 fully saturated rings. The lowest BCUT2D eigenvalue weighted by atomic mass is 9.95. The number of rotatable bonds is 10. The molecule has 0 spiro atoms. The number of methoxy groups -OCH3 is 1. The molecule has 0 amide bonds. The van der Waals surface area contributed by atoms with Crippen LogP contribution in [0.4, 0.5) is 0 Å². The van der Waals surface area contributed by atoms with Gasteiger partial charge in [0.25, 0.3) is 0 Å². The highest BCUT2D eigenvalue weighted by Crippen LogP contribution is 2.34. The fourth-order valence-corrected chi connectivity index (χ4v) is 3.08. The number of benzene rings is 2. The van der Waals surface area contributed by atoms with E-state index in [0.29, 0.717) is 24.9 Å². The molecule has 0 aliphatic rings. The highest BCUT2D eigenvalue weighted by atomic mass is 16.5. The highest BCUT2D eigenvalue weighted by Gasteiger charge is 2.12. The summed E-state index contributed by atoms with van der Waals surface area (Å²) in [5.74, 6) is 1.23. The first-order chi connectivity index (χ1) is 13.5. The van der Waals surface area contributed by atoms with Gasteiger partial charge in [-0.05, 0) is 60.4 Å². The van der Waals surface area contributed by atoms with Crippen molar-refractivity contribution in [2.45, 2.75) is 46.6 Å². The standard InChI is InChI=1S/C25H32O3/c1-19(2)22(12-8-9-17-28-18-21-10-6-5-7-11-21)15-16-23-14-13-20(3)25(27-4)24(23)26/h5-8,10-11,13-14,19,26H,9,15-18H2,1-4H3. The monoisotopic (exact) mass is 380 g/mol. The lowest BCUT2D eigenvalue weighted by Gasteiger charge is -2.13. The smallest absolute Gasteiger partial charge is 0.163 e. The Morgan fingerprint density at radius 3 is 2.57 bits per heavy atom. The van der Waals surface area contributed by atoms with E-state index in [1.807, 2.05) is 37.3 Å². The average molecular weight is 381 g/mol. The normalized spacial score (nSPS) is 10.6. The first kappa shape index (κ1) is 21.8. The summed E-state index contributed by atoms with van der Waals surface area (Å²) in [6, 6.07) is 14.2. The van der Waals surface area contributed by atoms with Crippen LogP contribution in [0.5, 0.6) is 11.5 Å². The van der Waals surface area contributed by atoms with Crippen molar-refractivity contribution in [2.24, 2.45) is 5.92 Å². The summed E-state index contributed by atoms with van der Waals surface area (Å²) in [6.07, 6.45) is 4.53. The molecule has 0 heterocycles. The fourth-order valence-electron chi connectivity index (χ4n) is 3.08. The maximum atomic E-state index is 10.4. The Labute approximate surface area is 169 Å². The van der Waals surface area contributed by atoms with Crippen LogP contribution < -0.4 is 4.74 Å². The van der Waals surface area contributed by atoms with Gasteiger partial charge < -0.3 is 14.6 Å². The Bertz CT molecular complexity index is 800. The summed E-state index contributed by atoms with van der Waals surface area (Å²) >= 11 is 0. The van der Waals surface area contributed by atoms with Crippen LogP contribution >= 0.6 is 0 Å². The predicted octanol–water partition coefficient (Wildman–Crippen LogP) is 5.99. The van der Waals surface area contributed by atoms with Gasteiger partial charge >= 0.3 is 0 Å². The Morgan fingerprint density at radius 2 is 1.89 bits per heavy atom. The summed E-state index contributed by atoms with van der Waals surface area (Å²) in [7, 11) is 1.59. The maximum Gasteiger partial charge on any atom is 0.163 e. The molecule has 0 radical (unpaired) electrons. The van der Waals surface area contributed by atoms with E-state index in [9.17, 15) is 5.11 Å². The van der Waals surface area contributed by atoms with Crippen molar-refractivity contribution in [1.82, 2.24) is 0 Å². The largest absolute Gasteiger partial charge is 0.504 e. The van der Waals surface area contributed by atoms with Gasteiger partial charge in [0.1, 0.15) is 0 Å². The third kappa shape index (κ3) is 6.60. The van der Waals surface area contributed by atoms with Crippen LogP contribution in [0.3, 0.4) is 0 Å². The molecule has 2 aromatic rings. The maximum absolute atomic E-state index is 10.4. The van der Waals surface area contributed by atoms with Crippen LogP contribution in [0.1, 0.15) is 43.4 Å². The van der Waals surface area contributed by atoms with E-state index >= 15 is 0 Å². The van der Waals surface area contributed by atoms with E-state index in [-0.39, 0.29) is 5.75 Å². The van der Waals surface area contributed by atoms with Crippen LogP contribution in [-0.2, 0) is 17.8 Å². The van der Waals surface area contributed by atoms with Crippen LogP contribution in [0, 0.1) is 12.8 Å². The predicted molar refractivity (Wildman–Crippen MR) is 115 cm³/mol. The molecular weight excluding hydrogens is 348 g/mol. The Kier molecular flexibility index (Phi) is 8.87. The molecule has 2 rings (SSSR count). The third-order valence-corrected chi connectivity index (χ3v) is 4.78. The first-order valence-electron chi connectivity index (χ1n) is 9.94. The van der Waals surface area contributed by atoms with Crippen molar-refractivity contribution in [2.75, 3.05) is 13.7 Å². The second-order valence-electron chi connectivity index (χ2n) is 7.28. The molecule has 0 saturated heterocycles. The molecule has 2 aromatic carbocycles. The summed E-state index contributed by atoms with van der Waals surface area (Å²) in [5, 5.41) is 10.4. The van der Waals surface area contributed by atoms with Gasteiger partial charge in [-0.3, -0.25) is 0 Å². The molecular formula is C25H32O3. The quantitative estimate of drug-likeness (QED) is 0.407. The van der Waals surface area contributed by atoms with Crippen molar-refractivity contribution >= 4 is 0 Å². The number of phenolic OH excluding ortho intramolecular Hbond substituents is 1. The zero-order valence-electron chi connectivity index (χ0n) is 17.5. The van der Waals surface area contributed by atoms with E-state index in [2.05, 4.69) is 37.8 Å². The number of aryl methyl sites for hydroxylation is 2. The van der Waals surface area contributed by atoms with Crippen molar-refractivity contribution in [3.63, 3.8) is 0 Å². The highest BCUT2D eigenvalue weighted by molar-refractivity contribution is 5.50. The molecule has 0 aromatic heterocycles. The molecule has 0 atom stereocenters. The number of hydrogen-bond acceptors (Lipinski definition) is 3. The Balaban J connectivity index is 1.89. The zero-order chi connectivity index (χ0) is 20.4. The number of phenols is 1. The zero-order valence-corrected chi connectivity index (χ0v) is 17.5. The summed E-state index contributed by atoms with van der Waals surface area (Å²) in [4.78, 5) is 0. The second kappa shape index (κ2) is 11.4. The van der Waals surface area contributed by atoms with Gasteiger partial charge in [-0.2, -0.15) is 0 Å². The first-order valence-corrected chi connectivity index (χ1v) is 9.94.